The number of rotatable bonds is 11. The highest BCUT2D eigenvalue weighted by molar-refractivity contribution is 5.82. The predicted molar refractivity (Wildman–Crippen MR) is 95.5 cm³/mol. The summed E-state index contributed by atoms with van der Waals surface area (Å²) in [6, 6.07) is 0.460. The molecule has 0 aromatic rings. The van der Waals surface area contributed by atoms with Gasteiger partial charge in [0.05, 0.1) is 17.6 Å². The Labute approximate surface area is 142 Å². The van der Waals surface area contributed by atoms with Crippen LogP contribution in [0.15, 0.2) is 0 Å². The van der Waals surface area contributed by atoms with Gasteiger partial charge in [-0.2, -0.15) is 0 Å². The molecule has 23 heavy (non-hydrogen) atoms. The Morgan fingerprint density at radius 1 is 1.09 bits per heavy atom. The minimum atomic E-state index is -0.616. The van der Waals surface area contributed by atoms with Crippen LogP contribution >= 0.6 is 0 Å². The van der Waals surface area contributed by atoms with Crippen LogP contribution in [0.3, 0.4) is 0 Å². The molecule has 0 aliphatic rings. The molecular formula is C18H38N2O3. The largest absolute Gasteiger partial charge is 0.396 e. The molecule has 0 bridgehead atoms. The summed E-state index contributed by atoms with van der Waals surface area (Å²) in [5.41, 5.74) is -1.31. The molecule has 0 aromatic heterocycles. The van der Waals surface area contributed by atoms with Gasteiger partial charge < -0.3 is 20.5 Å². The van der Waals surface area contributed by atoms with E-state index in [-0.39, 0.29) is 18.1 Å². The van der Waals surface area contributed by atoms with E-state index in [0.29, 0.717) is 19.1 Å². The van der Waals surface area contributed by atoms with Crippen molar-refractivity contribution < 1.29 is 14.6 Å². The van der Waals surface area contributed by atoms with Crippen LogP contribution in [-0.2, 0) is 9.53 Å². The molecule has 0 fully saturated rings. The van der Waals surface area contributed by atoms with Crippen molar-refractivity contribution in [1.29, 1.82) is 0 Å². The molecule has 0 saturated carbocycles. The summed E-state index contributed by atoms with van der Waals surface area (Å²) in [5.74, 6) is -0.0490. The summed E-state index contributed by atoms with van der Waals surface area (Å²) < 4.78 is 6.02. The molecule has 0 radical (unpaired) electrons. The van der Waals surface area contributed by atoms with Crippen molar-refractivity contribution >= 4 is 5.91 Å². The number of aliphatic hydroxyl groups excluding tert-OH is 1. The van der Waals surface area contributed by atoms with E-state index in [9.17, 15) is 4.79 Å². The number of hydrogen-bond donors (Lipinski definition) is 3. The van der Waals surface area contributed by atoms with Crippen molar-refractivity contribution in [2.75, 3.05) is 19.8 Å². The van der Waals surface area contributed by atoms with E-state index in [1.54, 1.807) is 0 Å². The van der Waals surface area contributed by atoms with E-state index >= 15 is 0 Å². The molecule has 1 amide bonds. The molecule has 5 nitrogen and oxygen atoms in total. The van der Waals surface area contributed by atoms with Gasteiger partial charge in [0.1, 0.15) is 0 Å². The second kappa shape index (κ2) is 9.00. The van der Waals surface area contributed by atoms with E-state index in [1.807, 2.05) is 27.7 Å². The molecular weight excluding hydrogens is 292 g/mol. The first-order valence-corrected chi connectivity index (χ1v) is 8.62. The lowest BCUT2D eigenvalue weighted by Crippen LogP contribution is -2.51. The van der Waals surface area contributed by atoms with Crippen molar-refractivity contribution in [2.24, 2.45) is 5.41 Å². The van der Waals surface area contributed by atoms with Crippen LogP contribution < -0.4 is 10.6 Å². The molecule has 0 heterocycles. The van der Waals surface area contributed by atoms with Crippen LogP contribution in [0.4, 0.5) is 0 Å². The maximum absolute atomic E-state index is 12.5. The van der Waals surface area contributed by atoms with Gasteiger partial charge in [0.2, 0.25) is 5.91 Å². The third kappa shape index (κ3) is 9.95. The van der Waals surface area contributed by atoms with Crippen molar-refractivity contribution in [3.05, 3.63) is 0 Å². The number of carbonyl (C=O) groups excluding carboxylic acids is 1. The van der Waals surface area contributed by atoms with Gasteiger partial charge in [-0.15, -0.1) is 0 Å². The van der Waals surface area contributed by atoms with Gasteiger partial charge in [-0.05, 0) is 60.9 Å². The Balaban J connectivity index is 4.46. The fourth-order valence-electron chi connectivity index (χ4n) is 1.99. The highest BCUT2D eigenvalue weighted by atomic mass is 16.5. The van der Waals surface area contributed by atoms with Crippen LogP contribution in [0.25, 0.3) is 0 Å². The highest BCUT2D eigenvalue weighted by Crippen LogP contribution is 2.23. The van der Waals surface area contributed by atoms with Crippen LogP contribution in [0.5, 0.6) is 0 Å². The average Bonchev–Trinajstić information content (AvgIpc) is 2.35. The molecule has 0 aliphatic heterocycles. The van der Waals surface area contributed by atoms with E-state index < -0.39 is 11.0 Å². The van der Waals surface area contributed by atoms with Crippen LogP contribution in [0.2, 0.25) is 0 Å². The summed E-state index contributed by atoms with van der Waals surface area (Å²) in [5, 5.41) is 15.5. The van der Waals surface area contributed by atoms with Gasteiger partial charge >= 0.3 is 0 Å². The highest BCUT2D eigenvalue weighted by Gasteiger charge is 2.34. The van der Waals surface area contributed by atoms with Crippen LogP contribution in [0.1, 0.15) is 68.2 Å². The first-order chi connectivity index (χ1) is 10.3. The zero-order chi connectivity index (χ0) is 18.3. The number of nitrogens with one attached hydrogen (secondary N) is 2. The summed E-state index contributed by atoms with van der Waals surface area (Å²) in [6.07, 6.45) is 1.42. The molecule has 3 N–H and O–H groups in total. The number of carbonyl (C=O) groups is 1. The minimum absolute atomic E-state index is 0.0490. The Morgan fingerprint density at radius 2 is 1.65 bits per heavy atom. The number of amides is 1. The van der Waals surface area contributed by atoms with Crippen molar-refractivity contribution in [1.82, 2.24) is 10.6 Å². The fourth-order valence-corrected chi connectivity index (χ4v) is 1.99. The van der Waals surface area contributed by atoms with Gasteiger partial charge in [0, 0.05) is 18.2 Å². The van der Waals surface area contributed by atoms with E-state index in [0.717, 1.165) is 13.0 Å². The second-order valence-corrected chi connectivity index (χ2v) is 8.60. The Kier molecular flexibility index (Phi) is 8.74. The van der Waals surface area contributed by atoms with Crippen LogP contribution in [-0.4, -0.2) is 48.0 Å². The molecule has 0 unspecified atom stereocenters. The van der Waals surface area contributed by atoms with E-state index in [4.69, 9.17) is 9.84 Å². The minimum Gasteiger partial charge on any atom is -0.396 e. The summed E-state index contributed by atoms with van der Waals surface area (Å²) in [6.45, 7) is 17.3. The summed E-state index contributed by atoms with van der Waals surface area (Å²) in [4.78, 5) is 12.5. The third-order valence-corrected chi connectivity index (χ3v) is 3.91. The Hall–Kier alpha value is -0.650. The zero-order valence-corrected chi connectivity index (χ0v) is 16.4. The topological polar surface area (TPSA) is 70.6 Å². The quantitative estimate of drug-likeness (QED) is 0.544. The van der Waals surface area contributed by atoms with Gasteiger partial charge in [-0.25, -0.2) is 0 Å². The predicted octanol–water partition coefficient (Wildman–Crippen LogP) is 2.47. The summed E-state index contributed by atoms with van der Waals surface area (Å²) in [7, 11) is 0. The maximum atomic E-state index is 12.5. The summed E-state index contributed by atoms with van der Waals surface area (Å²) >= 11 is 0. The standard InChI is InChI=1S/C18H38N2O3/c1-14(2)19-11-9-18(7,8)23-13-16(3,4)15(22)20-17(5,6)10-12-21/h14,19,21H,9-13H2,1-8H3,(H,20,22). The number of hydrogen-bond acceptors (Lipinski definition) is 4. The first-order valence-electron chi connectivity index (χ1n) is 8.62. The Bertz CT molecular complexity index is 363. The van der Waals surface area contributed by atoms with Crippen LogP contribution in [0, 0.1) is 5.41 Å². The van der Waals surface area contributed by atoms with Crippen molar-refractivity contribution in [3.8, 4) is 0 Å². The first kappa shape index (κ1) is 22.4. The van der Waals surface area contributed by atoms with E-state index in [1.165, 1.54) is 0 Å². The van der Waals surface area contributed by atoms with Gasteiger partial charge in [-0.1, -0.05) is 13.8 Å². The molecule has 0 aliphatic carbocycles. The lowest BCUT2D eigenvalue weighted by atomic mass is 9.90. The fraction of sp³-hybridized carbons (Fsp3) is 0.944. The smallest absolute Gasteiger partial charge is 0.228 e. The number of aliphatic hydroxyl groups is 1. The molecule has 0 atom stereocenters. The number of ether oxygens (including phenoxy) is 1. The van der Waals surface area contributed by atoms with Gasteiger partial charge in [-0.3, -0.25) is 4.79 Å². The SMILES string of the molecule is CC(C)NCCC(C)(C)OCC(C)(C)C(=O)NC(C)(C)CCO. The Morgan fingerprint density at radius 3 is 2.13 bits per heavy atom. The lowest BCUT2D eigenvalue weighted by molar-refractivity contribution is -0.138. The molecule has 0 rings (SSSR count). The van der Waals surface area contributed by atoms with Crippen molar-refractivity contribution in [3.63, 3.8) is 0 Å². The zero-order valence-electron chi connectivity index (χ0n) is 16.4. The normalized spacial score (nSPS) is 13.5. The molecule has 5 heteroatoms. The van der Waals surface area contributed by atoms with Gasteiger partial charge in [0.15, 0.2) is 0 Å². The average molecular weight is 331 g/mol. The molecule has 0 aromatic carbocycles. The second-order valence-electron chi connectivity index (χ2n) is 8.60. The third-order valence-electron chi connectivity index (χ3n) is 3.91. The van der Waals surface area contributed by atoms with Gasteiger partial charge in [0.25, 0.3) is 0 Å². The van der Waals surface area contributed by atoms with E-state index in [2.05, 4.69) is 38.3 Å². The van der Waals surface area contributed by atoms with Crippen molar-refractivity contribution in [2.45, 2.75) is 85.4 Å². The maximum Gasteiger partial charge on any atom is 0.228 e. The monoisotopic (exact) mass is 330 g/mol. The molecule has 0 spiro atoms. The lowest BCUT2D eigenvalue weighted by Gasteiger charge is -2.34. The molecule has 138 valence electrons. The molecule has 0 saturated heterocycles.